The number of β-lactam (4-membered cyclic amide) rings is 1. The van der Waals surface area contributed by atoms with Crippen molar-refractivity contribution >= 4 is 33.9 Å². The molecule has 6 heteroatoms. The maximum atomic E-state index is 13.3. The summed E-state index contributed by atoms with van der Waals surface area (Å²) in [5.41, 5.74) is 0.0320. The SMILES string of the molecule is COC(=O)[C@]1(/C=C/c2cccc(Br)c2)C(=O)N(C)[C@@H]1c1ccc(F)cc1. The van der Waals surface area contributed by atoms with Crippen LogP contribution in [0.5, 0.6) is 0 Å². The minimum Gasteiger partial charge on any atom is -0.468 e. The van der Waals surface area contributed by atoms with Crippen molar-refractivity contribution in [2.45, 2.75) is 6.04 Å². The Kier molecular flexibility index (Phi) is 4.96. The number of ether oxygens (including phenoxy) is 1. The molecule has 0 radical (unpaired) electrons. The molecule has 0 unspecified atom stereocenters. The average Bonchev–Trinajstić information content (AvgIpc) is 2.65. The van der Waals surface area contributed by atoms with Crippen LogP contribution >= 0.6 is 15.9 Å². The number of rotatable bonds is 4. The molecule has 0 aliphatic carbocycles. The first-order valence-electron chi connectivity index (χ1n) is 7.96. The van der Waals surface area contributed by atoms with Crippen molar-refractivity contribution in [2.75, 3.05) is 14.2 Å². The fourth-order valence-corrected chi connectivity index (χ4v) is 3.75. The van der Waals surface area contributed by atoms with Crippen LogP contribution in [-0.4, -0.2) is 30.9 Å². The lowest BCUT2D eigenvalue weighted by Gasteiger charge is -2.51. The summed E-state index contributed by atoms with van der Waals surface area (Å²) >= 11 is 3.40. The summed E-state index contributed by atoms with van der Waals surface area (Å²) < 4.78 is 19.1. The van der Waals surface area contributed by atoms with E-state index in [2.05, 4.69) is 15.9 Å². The summed E-state index contributed by atoms with van der Waals surface area (Å²) in [7, 11) is 2.87. The van der Waals surface area contributed by atoms with Gasteiger partial charge >= 0.3 is 5.97 Å². The zero-order chi connectivity index (χ0) is 18.9. The van der Waals surface area contributed by atoms with Crippen molar-refractivity contribution in [2.24, 2.45) is 5.41 Å². The number of methoxy groups -OCH3 is 1. The van der Waals surface area contributed by atoms with Gasteiger partial charge in [0.1, 0.15) is 5.82 Å². The van der Waals surface area contributed by atoms with Crippen molar-refractivity contribution in [1.82, 2.24) is 4.90 Å². The third-order valence-electron chi connectivity index (χ3n) is 4.59. The lowest BCUT2D eigenvalue weighted by molar-refractivity contribution is -0.180. The van der Waals surface area contributed by atoms with Crippen LogP contribution in [0.15, 0.2) is 59.1 Å². The zero-order valence-corrected chi connectivity index (χ0v) is 15.9. The van der Waals surface area contributed by atoms with Gasteiger partial charge in [0.05, 0.1) is 13.2 Å². The number of benzene rings is 2. The fourth-order valence-electron chi connectivity index (χ4n) is 3.33. The molecule has 26 heavy (non-hydrogen) atoms. The van der Waals surface area contributed by atoms with E-state index >= 15 is 0 Å². The van der Waals surface area contributed by atoms with E-state index < -0.39 is 17.4 Å². The quantitative estimate of drug-likeness (QED) is 0.429. The molecule has 2 aromatic rings. The minimum absolute atomic E-state index is 0.357. The first-order chi connectivity index (χ1) is 12.4. The molecule has 0 aromatic heterocycles. The molecule has 1 fully saturated rings. The highest BCUT2D eigenvalue weighted by atomic mass is 79.9. The lowest BCUT2D eigenvalue weighted by Crippen LogP contribution is -2.64. The van der Waals surface area contributed by atoms with Gasteiger partial charge in [-0.25, -0.2) is 4.39 Å². The normalized spacial score (nSPS) is 22.4. The van der Waals surface area contributed by atoms with E-state index in [4.69, 9.17) is 4.74 Å². The molecule has 0 bridgehead atoms. The largest absolute Gasteiger partial charge is 0.468 e. The van der Waals surface area contributed by atoms with Crippen LogP contribution in [0.3, 0.4) is 0 Å². The highest BCUT2D eigenvalue weighted by Gasteiger charge is 2.64. The first kappa shape index (κ1) is 18.3. The minimum atomic E-state index is -1.47. The second kappa shape index (κ2) is 7.03. The first-order valence-corrected chi connectivity index (χ1v) is 8.75. The highest BCUT2D eigenvalue weighted by molar-refractivity contribution is 9.10. The molecule has 4 nitrogen and oxygen atoms in total. The van der Waals surface area contributed by atoms with Gasteiger partial charge in [-0.05, 0) is 35.4 Å². The van der Waals surface area contributed by atoms with Crippen LogP contribution in [-0.2, 0) is 14.3 Å². The second-order valence-electron chi connectivity index (χ2n) is 6.12. The summed E-state index contributed by atoms with van der Waals surface area (Å²) in [5, 5.41) is 0. The number of carbonyl (C=O) groups excluding carboxylic acids is 2. The highest BCUT2D eigenvalue weighted by Crippen LogP contribution is 2.51. The molecule has 1 amide bonds. The van der Waals surface area contributed by atoms with Gasteiger partial charge in [0, 0.05) is 11.5 Å². The van der Waals surface area contributed by atoms with Gasteiger partial charge < -0.3 is 9.64 Å². The van der Waals surface area contributed by atoms with E-state index in [0.717, 1.165) is 10.0 Å². The summed E-state index contributed by atoms with van der Waals surface area (Å²) in [4.78, 5) is 26.8. The molecule has 1 heterocycles. The van der Waals surface area contributed by atoms with E-state index in [-0.39, 0.29) is 11.7 Å². The smallest absolute Gasteiger partial charge is 0.327 e. The predicted octanol–water partition coefficient (Wildman–Crippen LogP) is 3.97. The standard InChI is InChI=1S/C20H17BrFNO3/c1-23-17(14-6-8-16(22)9-7-14)20(18(23)24,19(25)26-2)11-10-13-4-3-5-15(21)12-13/h3-12,17H,1-2H3/b11-10+/t17-,20+/m1/s1. The number of amides is 1. The molecule has 0 saturated carbocycles. The molecular formula is C20H17BrFNO3. The molecule has 2 atom stereocenters. The zero-order valence-electron chi connectivity index (χ0n) is 14.3. The summed E-state index contributed by atoms with van der Waals surface area (Å²) in [6.07, 6.45) is 3.31. The van der Waals surface area contributed by atoms with Gasteiger partial charge in [0.25, 0.3) is 0 Å². The number of esters is 1. The van der Waals surface area contributed by atoms with Crippen LogP contribution in [0.4, 0.5) is 4.39 Å². The van der Waals surface area contributed by atoms with Crippen LogP contribution in [0.2, 0.25) is 0 Å². The number of halogens is 2. The van der Waals surface area contributed by atoms with E-state index in [9.17, 15) is 14.0 Å². The summed E-state index contributed by atoms with van der Waals surface area (Å²) in [6.45, 7) is 0. The van der Waals surface area contributed by atoms with E-state index in [0.29, 0.717) is 5.56 Å². The van der Waals surface area contributed by atoms with Gasteiger partial charge in [-0.1, -0.05) is 52.3 Å². The Bertz CT molecular complexity index is 871. The Morgan fingerprint density at radius 2 is 1.96 bits per heavy atom. The van der Waals surface area contributed by atoms with Gasteiger partial charge in [-0.3, -0.25) is 9.59 Å². The van der Waals surface area contributed by atoms with Gasteiger partial charge in [-0.15, -0.1) is 0 Å². The third kappa shape index (κ3) is 2.94. The van der Waals surface area contributed by atoms with Gasteiger partial charge in [-0.2, -0.15) is 0 Å². The Morgan fingerprint density at radius 1 is 1.27 bits per heavy atom. The van der Waals surface area contributed by atoms with Crippen LogP contribution in [0, 0.1) is 11.2 Å². The third-order valence-corrected chi connectivity index (χ3v) is 5.08. The molecule has 0 spiro atoms. The predicted molar refractivity (Wildman–Crippen MR) is 99.5 cm³/mol. The Labute approximate surface area is 159 Å². The summed E-state index contributed by atoms with van der Waals surface area (Å²) in [6, 6.07) is 12.7. The van der Waals surface area contributed by atoms with Crippen molar-refractivity contribution < 1.29 is 18.7 Å². The molecule has 3 rings (SSSR count). The van der Waals surface area contributed by atoms with Crippen molar-refractivity contribution in [3.05, 3.63) is 76.0 Å². The fraction of sp³-hybridized carbons (Fsp3) is 0.200. The second-order valence-corrected chi connectivity index (χ2v) is 7.03. The maximum Gasteiger partial charge on any atom is 0.327 e. The summed E-state index contributed by atoms with van der Waals surface area (Å²) in [5.74, 6) is -1.37. The molecule has 2 aromatic carbocycles. The number of nitrogens with zero attached hydrogens (tertiary/aromatic N) is 1. The molecule has 0 N–H and O–H groups in total. The topological polar surface area (TPSA) is 46.6 Å². The van der Waals surface area contributed by atoms with Gasteiger partial charge in [0.15, 0.2) is 5.41 Å². The molecule has 1 aliphatic rings. The lowest BCUT2D eigenvalue weighted by atomic mass is 9.67. The van der Waals surface area contributed by atoms with Crippen molar-refractivity contribution in [3.63, 3.8) is 0 Å². The average molecular weight is 418 g/mol. The monoisotopic (exact) mass is 417 g/mol. The van der Waals surface area contributed by atoms with Crippen molar-refractivity contribution in [1.29, 1.82) is 0 Å². The van der Waals surface area contributed by atoms with Gasteiger partial charge in [0.2, 0.25) is 5.91 Å². The molecule has 1 aliphatic heterocycles. The van der Waals surface area contributed by atoms with Crippen LogP contribution in [0.25, 0.3) is 6.08 Å². The van der Waals surface area contributed by atoms with E-state index in [1.165, 1.54) is 24.1 Å². The van der Waals surface area contributed by atoms with Crippen molar-refractivity contribution in [3.8, 4) is 0 Å². The number of carbonyl (C=O) groups is 2. The van der Waals surface area contributed by atoms with Crippen LogP contribution in [0.1, 0.15) is 17.2 Å². The van der Waals surface area contributed by atoms with Crippen LogP contribution < -0.4 is 0 Å². The Hall–Kier alpha value is -2.47. The van der Waals surface area contributed by atoms with E-state index in [1.807, 2.05) is 24.3 Å². The molecule has 134 valence electrons. The maximum absolute atomic E-state index is 13.3. The molecular weight excluding hydrogens is 401 g/mol. The molecule has 1 saturated heterocycles. The Morgan fingerprint density at radius 3 is 2.58 bits per heavy atom. The number of hydrogen-bond donors (Lipinski definition) is 0. The Balaban J connectivity index is 2.06. The number of likely N-dealkylation sites (tertiary alicyclic amines) is 1. The number of hydrogen-bond acceptors (Lipinski definition) is 3. The van der Waals surface area contributed by atoms with E-state index in [1.54, 1.807) is 31.3 Å².